The molecule has 0 spiro atoms. The molecule has 5 rings (SSSR count). The molecule has 0 N–H and O–H groups in total. The molecule has 198 valence electrons. The molecule has 0 aliphatic heterocycles. The average molecular weight is 570 g/mol. The number of unbranched alkanes of at least 4 members (excludes halogenated alkanes) is 2. The molecular weight excluding hydrogens is 527 g/mol. The van der Waals surface area contributed by atoms with E-state index in [1.807, 2.05) is 0 Å². The Labute approximate surface area is 235 Å². The van der Waals surface area contributed by atoms with Gasteiger partial charge in [0, 0.05) is 0 Å². The van der Waals surface area contributed by atoms with E-state index in [1.54, 1.807) is 0 Å². The van der Waals surface area contributed by atoms with Crippen molar-refractivity contribution in [2.45, 2.75) is 73.1 Å². The summed E-state index contributed by atoms with van der Waals surface area (Å²) in [5, 5.41) is 2.59. The third-order valence-corrected chi connectivity index (χ3v) is 10.2. The number of aryl methyl sites for hydroxylation is 1. The van der Waals surface area contributed by atoms with Gasteiger partial charge in [0.1, 0.15) is 0 Å². The average Bonchev–Trinajstić information content (AvgIpc) is 3.36. The molecule has 1 aliphatic rings. The van der Waals surface area contributed by atoms with E-state index in [-0.39, 0.29) is 14.5 Å². The second kappa shape index (κ2) is 11.6. The second-order valence-electron chi connectivity index (χ2n) is 11.1. The fourth-order valence-electron chi connectivity index (χ4n) is 5.86. The molecule has 1 aliphatic carbocycles. The van der Waals surface area contributed by atoms with Crippen LogP contribution in [0.25, 0.3) is 31.7 Å². The van der Waals surface area contributed by atoms with Gasteiger partial charge in [0.25, 0.3) is 0 Å². The Balaban J connectivity index is 1.60. The summed E-state index contributed by atoms with van der Waals surface area (Å²) in [6.45, 7) is 18.4. The van der Waals surface area contributed by atoms with Crippen molar-refractivity contribution in [2.24, 2.45) is 5.92 Å². The number of hydrogen-bond acceptors (Lipinski definition) is 2. The molecule has 1 heterocycles. The zero-order chi connectivity index (χ0) is 26.8. The first-order valence-corrected chi connectivity index (χ1v) is 16.3. The monoisotopic (exact) mass is 570 g/mol. The maximum absolute atomic E-state index is 5.35. The van der Waals surface area contributed by atoms with Gasteiger partial charge in [0.15, 0.2) is 0 Å². The topological polar surface area (TPSA) is 16.1 Å². The van der Waals surface area contributed by atoms with Gasteiger partial charge < -0.3 is 0 Å². The molecule has 3 heteroatoms. The molecule has 2 nitrogen and oxygen atoms in total. The van der Waals surface area contributed by atoms with Crippen LogP contribution < -0.4 is 4.90 Å². The normalized spacial score (nSPS) is 13.7. The van der Waals surface area contributed by atoms with E-state index in [9.17, 15) is 0 Å². The number of hydrogen-bond donors (Lipinski definition) is 0. The van der Waals surface area contributed by atoms with Crippen molar-refractivity contribution in [3.8, 4) is 0 Å². The van der Waals surface area contributed by atoms with E-state index >= 15 is 0 Å². The van der Waals surface area contributed by atoms with Crippen molar-refractivity contribution in [1.82, 2.24) is 4.98 Å². The summed E-state index contributed by atoms with van der Waals surface area (Å²) in [6.07, 6.45) is 6.92. The Morgan fingerprint density at radius 1 is 0.947 bits per heavy atom. The standard InChI is InChI=1S/C35H42N2Se/c1-7-10-18-37(19-11-8-2)28-14-16-29-27(22-28)20-24(6)33(32(29)23(4)5)35-36-34-30-15-12-25(9-3)21-26(30)13-17-31(34)38-35/h12-17,21-23H,6-11,18-20H2,1-5H3. The van der Waals surface area contributed by atoms with Gasteiger partial charge in [-0.25, -0.2) is 0 Å². The molecule has 1 aromatic heterocycles. The first kappa shape index (κ1) is 27.0. The fourth-order valence-corrected chi connectivity index (χ4v) is 8.15. The Kier molecular flexibility index (Phi) is 8.26. The summed E-state index contributed by atoms with van der Waals surface area (Å²) in [5.41, 5.74) is 10.8. The maximum atomic E-state index is 5.35. The zero-order valence-electron chi connectivity index (χ0n) is 23.9. The number of aromatic nitrogens is 1. The van der Waals surface area contributed by atoms with Gasteiger partial charge in [-0.1, -0.05) is 0 Å². The number of rotatable bonds is 10. The van der Waals surface area contributed by atoms with Crippen LogP contribution in [0.15, 0.2) is 60.7 Å². The Hall–Kier alpha value is -2.61. The molecule has 4 aromatic rings. The van der Waals surface area contributed by atoms with Crippen LogP contribution in [0.4, 0.5) is 5.69 Å². The Bertz CT molecular complexity index is 1500. The van der Waals surface area contributed by atoms with Crippen LogP contribution in [0.2, 0.25) is 0 Å². The SMILES string of the molecule is C=C1Cc2cc(N(CCCC)CCCC)ccc2C(C(C)C)=C1c1nc2c(ccc3cc(CC)ccc32)[se]1. The minimum absolute atomic E-state index is 0.194. The minimum atomic E-state index is 0.194. The summed E-state index contributed by atoms with van der Waals surface area (Å²) < 4.78 is 2.66. The van der Waals surface area contributed by atoms with Crippen LogP contribution >= 0.6 is 0 Å². The number of nitrogens with zero attached hydrogens (tertiary/aromatic N) is 2. The van der Waals surface area contributed by atoms with Crippen LogP contribution in [0.1, 0.15) is 81.6 Å². The second-order valence-corrected chi connectivity index (χ2v) is 13.3. The summed E-state index contributed by atoms with van der Waals surface area (Å²) in [7, 11) is 0. The van der Waals surface area contributed by atoms with Crippen molar-refractivity contribution >= 4 is 51.9 Å². The number of benzene rings is 3. The molecule has 0 atom stereocenters. The number of allylic oxidation sites excluding steroid dienone is 3. The van der Waals surface area contributed by atoms with Gasteiger partial charge in [0.05, 0.1) is 0 Å². The molecule has 0 radical (unpaired) electrons. The van der Waals surface area contributed by atoms with Gasteiger partial charge in [-0.05, 0) is 0 Å². The fraction of sp³-hybridized carbons (Fsp3) is 0.400. The van der Waals surface area contributed by atoms with E-state index in [0.717, 1.165) is 25.9 Å². The van der Waals surface area contributed by atoms with Crippen LogP contribution in [0, 0.1) is 5.92 Å². The molecule has 0 fully saturated rings. The van der Waals surface area contributed by atoms with Gasteiger partial charge in [0.2, 0.25) is 0 Å². The first-order valence-electron chi connectivity index (χ1n) is 14.6. The predicted molar refractivity (Wildman–Crippen MR) is 169 cm³/mol. The van der Waals surface area contributed by atoms with E-state index in [2.05, 4.69) is 94.6 Å². The molecule has 0 bridgehead atoms. The summed E-state index contributed by atoms with van der Waals surface area (Å²) in [4.78, 5) is 7.94. The third-order valence-electron chi connectivity index (χ3n) is 7.97. The zero-order valence-corrected chi connectivity index (χ0v) is 25.6. The van der Waals surface area contributed by atoms with Gasteiger partial charge in [-0.3, -0.25) is 0 Å². The summed E-state index contributed by atoms with van der Waals surface area (Å²) in [5.74, 6) is 0.411. The molecule has 38 heavy (non-hydrogen) atoms. The van der Waals surface area contributed by atoms with Crippen LogP contribution in [0.5, 0.6) is 0 Å². The van der Waals surface area contributed by atoms with E-state index in [0.29, 0.717) is 5.92 Å². The van der Waals surface area contributed by atoms with E-state index in [1.165, 1.54) is 89.9 Å². The quantitative estimate of drug-likeness (QED) is 0.177. The molecule has 0 amide bonds. The van der Waals surface area contributed by atoms with Crippen LogP contribution in [0.3, 0.4) is 0 Å². The van der Waals surface area contributed by atoms with Crippen molar-refractivity contribution in [3.05, 3.63) is 81.9 Å². The van der Waals surface area contributed by atoms with Crippen LogP contribution in [-0.2, 0) is 12.8 Å². The Morgan fingerprint density at radius 2 is 1.71 bits per heavy atom. The van der Waals surface area contributed by atoms with E-state index in [4.69, 9.17) is 4.98 Å². The van der Waals surface area contributed by atoms with Gasteiger partial charge >= 0.3 is 236 Å². The molecule has 0 unspecified atom stereocenters. The molecule has 0 saturated carbocycles. The van der Waals surface area contributed by atoms with Gasteiger partial charge in [-0.15, -0.1) is 0 Å². The van der Waals surface area contributed by atoms with Crippen molar-refractivity contribution in [3.63, 3.8) is 0 Å². The summed E-state index contributed by atoms with van der Waals surface area (Å²) in [6, 6.07) is 18.7. The van der Waals surface area contributed by atoms with Gasteiger partial charge in [-0.2, -0.15) is 0 Å². The van der Waals surface area contributed by atoms with Crippen molar-refractivity contribution in [2.75, 3.05) is 18.0 Å². The van der Waals surface area contributed by atoms with Crippen LogP contribution in [-0.4, -0.2) is 32.6 Å². The van der Waals surface area contributed by atoms with Crippen molar-refractivity contribution in [1.29, 1.82) is 0 Å². The van der Waals surface area contributed by atoms with E-state index < -0.39 is 0 Å². The Morgan fingerprint density at radius 3 is 2.39 bits per heavy atom. The molecule has 0 saturated heterocycles. The summed E-state index contributed by atoms with van der Waals surface area (Å²) >= 11 is 0.194. The molecule has 3 aromatic carbocycles. The predicted octanol–water partition coefficient (Wildman–Crippen LogP) is 9.09. The number of fused-ring (bicyclic) bond motifs is 4. The first-order chi connectivity index (χ1) is 18.4. The third kappa shape index (κ3) is 5.16. The number of anilines is 1. The van der Waals surface area contributed by atoms with Crippen molar-refractivity contribution < 1.29 is 0 Å². The molecular formula is C35H42N2Se.